The van der Waals surface area contributed by atoms with E-state index in [1.54, 1.807) is 13.0 Å². The van der Waals surface area contributed by atoms with Gasteiger partial charge in [0.1, 0.15) is 11.5 Å². The lowest BCUT2D eigenvalue weighted by Gasteiger charge is -2.12. The first-order valence-corrected chi connectivity index (χ1v) is 6.87. The van der Waals surface area contributed by atoms with E-state index in [1.165, 1.54) is 0 Å². The maximum atomic E-state index is 11.8. The van der Waals surface area contributed by atoms with E-state index in [-0.39, 0.29) is 12.5 Å². The Morgan fingerprint density at radius 2 is 1.95 bits per heavy atom. The van der Waals surface area contributed by atoms with Crippen LogP contribution in [0.15, 0.2) is 27.2 Å². The van der Waals surface area contributed by atoms with Gasteiger partial charge in [0.15, 0.2) is 12.4 Å². The van der Waals surface area contributed by atoms with Gasteiger partial charge in [0, 0.05) is 10.5 Å². The predicted octanol–water partition coefficient (Wildman–Crippen LogP) is 3.38. The highest BCUT2D eigenvalue weighted by atomic mass is 79.9. The number of nitrogens with zero attached hydrogens (tertiary/aromatic N) is 1. The minimum Gasteiger partial charge on any atom is -0.483 e. The Morgan fingerprint density at radius 3 is 2.50 bits per heavy atom. The van der Waals surface area contributed by atoms with Crippen molar-refractivity contribution in [2.45, 2.75) is 20.8 Å². The van der Waals surface area contributed by atoms with Gasteiger partial charge in [0.05, 0.1) is 0 Å². The quantitative estimate of drug-likeness (QED) is 0.928. The minimum atomic E-state index is -0.278. The second-order valence-electron chi connectivity index (χ2n) is 4.53. The van der Waals surface area contributed by atoms with Crippen molar-refractivity contribution in [2.75, 3.05) is 11.9 Å². The largest absolute Gasteiger partial charge is 0.483 e. The number of ether oxygens (including phenoxy) is 1. The maximum absolute atomic E-state index is 11.8. The number of hydrogen-bond donors (Lipinski definition) is 1. The summed E-state index contributed by atoms with van der Waals surface area (Å²) in [7, 11) is 0. The van der Waals surface area contributed by atoms with E-state index in [1.807, 2.05) is 26.0 Å². The summed E-state index contributed by atoms with van der Waals surface area (Å²) in [6.07, 6.45) is 0. The van der Waals surface area contributed by atoms with Crippen molar-refractivity contribution in [1.82, 2.24) is 5.16 Å². The van der Waals surface area contributed by atoms with E-state index >= 15 is 0 Å². The van der Waals surface area contributed by atoms with Crippen LogP contribution in [0.3, 0.4) is 0 Å². The molecular weight excluding hydrogens is 324 g/mol. The highest BCUT2D eigenvalue weighted by Gasteiger charge is 2.10. The first-order chi connectivity index (χ1) is 9.45. The van der Waals surface area contributed by atoms with Gasteiger partial charge in [0.2, 0.25) is 0 Å². The normalized spacial score (nSPS) is 10.4. The number of aromatic nitrogens is 1. The zero-order valence-corrected chi connectivity index (χ0v) is 13.1. The number of aryl methyl sites for hydroxylation is 3. The Labute approximate surface area is 125 Å². The van der Waals surface area contributed by atoms with Crippen LogP contribution in [0.25, 0.3) is 0 Å². The van der Waals surface area contributed by atoms with Crippen LogP contribution in [0.5, 0.6) is 5.75 Å². The van der Waals surface area contributed by atoms with Gasteiger partial charge in [-0.3, -0.25) is 4.79 Å². The number of carbonyl (C=O) groups is 1. The predicted molar refractivity (Wildman–Crippen MR) is 79.0 cm³/mol. The molecule has 1 heterocycles. The van der Waals surface area contributed by atoms with Gasteiger partial charge in [-0.25, -0.2) is 0 Å². The van der Waals surface area contributed by atoms with Crippen molar-refractivity contribution >= 4 is 27.7 Å². The number of amides is 1. The van der Waals surface area contributed by atoms with E-state index < -0.39 is 0 Å². The van der Waals surface area contributed by atoms with Crippen molar-refractivity contribution in [2.24, 2.45) is 0 Å². The van der Waals surface area contributed by atoms with Crippen LogP contribution in [0.2, 0.25) is 0 Å². The van der Waals surface area contributed by atoms with Crippen LogP contribution in [0.1, 0.15) is 16.9 Å². The minimum absolute atomic E-state index is 0.0742. The van der Waals surface area contributed by atoms with E-state index in [4.69, 9.17) is 9.26 Å². The van der Waals surface area contributed by atoms with Gasteiger partial charge in [-0.1, -0.05) is 21.1 Å². The first-order valence-electron chi connectivity index (χ1n) is 6.08. The second-order valence-corrected chi connectivity index (χ2v) is 5.44. The highest BCUT2D eigenvalue weighted by molar-refractivity contribution is 9.10. The molecule has 0 radical (unpaired) electrons. The number of nitrogens with one attached hydrogen (secondary N) is 1. The fourth-order valence-corrected chi connectivity index (χ4v) is 2.55. The molecule has 1 amide bonds. The van der Waals surface area contributed by atoms with Crippen molar-refractivity contribution in [3.63, 3.8) is 0 Å². The molecule has 2 rings (SSSR count). The molecule has 0 fully saturated rings. The summed E-state index contributed by atoms with van der Waals surface area (Å²) in [5.74, 6) is 1.47. The van der Waals surface area contributed by atoms with Crippen LogP contribution in [0, 0.1) is 20.8 Å². The molecule has 1 aromatic carbocycles. The van der Waals surface area contributed by atoms with Crippen LogP contribution in [-0.2, 0) is 4.79 Å². The van der Waals surface area contributed by atoms with Gasteiger partial charge in [-0.05, 0) is 44.0 Å². The van der Waals surface area contributed by atoms with Crippen molar-refractivity contribution in [3.05, 3.63) is 39.6 Å². The van der Waals surface area contributed by atoms with Crippen LogP contribution < -0.4 is 10.1 Å². The van der Waals surface area contributed by atoms with Gasteiger partial charge in [0.25, 0.3) is 5.91 Å². The molecule has 1 N–H and O–H groups in total. The molecule has 0 saturated carbocycles. The second kappa shape index (κ2) is 6.09. The molecule has 6 heteroatoms. The Hall–Kier alpha value is -1.82. The third-order valence-electron chi connectivity index (χ3n) is 2.67. The number of hydrogen-bond acceptors (Lipinski definition) is 4. The molecule has 0 aliphatic heterocycles. The monoisotopic (exact) mass is 338 g/mol. The zero-order chi connectivity index (χ0) is 14.7. The molecule has 2 aromatic rings. The average Bonchev–Trinajstić information content (AvgIpc) is 2.73. The molecule has 0 bridgehead atoms. The number of benzene rings is 1. The van der Waals surface area contributed by atoms with Crippen LogP contribution in [-0.4, -0.2) is 17.7 Å². The third-order valence-corrected chi connectivity index (χ3v) is 3.13. The van der Waals surface area contributed by atoms with E-state index in [9.17, 15) is 4.79 Å². The van der Waals surface area contributed by atoms with E-state index in [0.717, 1.165) is 21.3 Å². The molecule has 0 aliphatic rings. The molecule has 0 atom stereocenters. The lowest BCUT2D eigenvalue weighted by Crippen LogP contribution is -2.20. The summed E-state index contributed by atoms with van der Waals surface area (Å²) >= 11 is 3.42. The molecule has 20 heavy (non-hydrogen) atoms. The van der Waals surface area contributed by atoms with Gasteiger partial charge >= 0.3 is 0 Å². The van der Waals surface area contributed by atoms with Crippen LogP contribution in [0.4, 0.5) is 5.82 Å². The smallest absolute Gasteiger partial charge is 0.263 e. The van der Waals surface area contributed by atoms with Gasteiger partial charge in [-0.2, -0.15) is 0 Å². The SMILES string of the molecule is Cc1cc(NC(=O)COc2c(C)cc(Br)cc2C)no1. The van der Waals surface area contributed by atoms with Crippen LogP contribution >= 0.6 is 15.9 Å². The summed E-state index contributed by atoms with van der Waals surface area (Å²) in [6.45, 7) is 5.56. The fraction of sp³-hybridized carbons (Fsp3) is 0.286. The molecule has 0 saturated heterocycles. The van der Waals surface area contributed by atoms with E-state index in [0.29, 0.717) is 11.6 Å². The molecule has 0 aliphatic carbocycles. The third kappa shape index (κ3) is 3.60. The summed E-state index contributed by atoms with van der Waals surface area (Å²) < 4.78 is 11.4. The number of anilines is 1. The lowest BCUT2D eigenvalue weighted by atomic mass is 10.1. The van der Waals surface area contributed by atoms with Crippen molar-refractivity contribution < 1.29 is 14.1 Å². The Balaban J connectivity index is 1.97. The standard InChI is InChI=1S/C14H15BrN2O3/c1-8-4-11(15)5-9(2)14(8)19-7-13(18)16-12-6-10(3)20-17-12/h4-6H,7H2,1-3H3,(H,16,17,18). The summed E-state index contributed by atoms with van der Waals surface area (Å²) in [5, 5.41) is 6.29. The molecular formula is C14H15BrN2O3. The molecule has 0 unspecified atom stereocenters. The zero-order valence-electron chi connectivity index (χ0n) is 11.5. The summed E-state index contributed by atoms with van der Waals surface area (Å²) in [4.78, 5) is 11.8. The Bertz CT molecular complexity index is 614. The van der Waals surface area contributed by atoms with Gasteiger partial charge in [-0.15, -0.1) is 0 Å². The number of carbonyl (C=O) groups excluding carboxylic acids is 1. The fourth-order valence-electron chi connectivity index (χ4n) is 1.87. The number of halogens is 1. The van der Waals surface area contributed by atoms with Crippen molar-refractivity contribution in [3.8, 4) is 5.75 Å². The number of rotatable bonds is 4. The summed E-state index contributed by atoms with van der Waals surface area (Å²) in [6, 6.07) is 5.54. The Kier molecular flexibility index (Phi) is 4.44. The Morgan fingerprint density at radius 1 is 1.30 bits per heavy atom. The molecule has 106 valence electrons. The van der Waals surface area contributed by atoms with Gasteiger partial charge < -0.3 is 14.6 Å². The van der Waals surface area contributed by atoms with Crippen molar-refractivity contribution in [1.29, 1.82) is 0 Å². The highest BCUT2D eigenvalue weighted by Crippen LogP contribution is 2.27. The van der Waals surface area contributed by atoms with E-state index in [2.05, 4.69) is 26.4 Å². The molecule has 5 nitrogen and oxygen atoms in total. The average molecular weight is 339 g/mol. The maximum Gasteiger partial charge on any atom is 0.263 e. The molecule has 0 spiro atoms. The first kappa shape index (κ1) is 14.6. The topological polar surface area (TPSA) is 64.4 Å². The molecule has 1 aromatic heterocycles. The lowest BCUT2D eigenvalue weighted by molar-refractivity contribution is -0.118. The summed E-state index contributed by atoms with van der Waals surface area (Å²) in [5.41, 5.74) is 1.95.